The largest absolute Gasteiger partial charge is 0.507 e. The van der Waals surface area contributed by atoms with E-state index in [1.807, 2.05) is 36.4 Å². The Hall–Kier alpha value is -2.40. The first-order valence-corrected chi connectivity index (χ1v) is 6.86. The highest BCUT2D eigenvalue weighted by molar-refractivity contribution is 7.18. The molecule has 0 saturated heterocycles. The molecular weight excluding hydrogens is 272 g/mol. The molecule has 0 atom stereocenters. The Kier molecular flexibility index (Phi) is 3.35. The molecular formula is C15H12N2O2S. The van der Waals surface area contributed by atoms with Crippen molar-refractivity contribution in [1.82, 2.24) is 10.2 Å². The Morgan fingerprint density at radius 2 is 1.65 bits per heavy atom. The van der Waals surface area contributed by atoms with Crippen LogP contribution in [0.5, 0.6) is 11.5 Å². The summed E-state index contributed by atoms with van der Waals surface area (Å²) >= 11 is 1.44. The van der Waals surface area contributed by atoms with Gasteiger partial charge in [0.1, 0.15) is 16.5 Å². The number of rotatable bonds is 3. The molecule has 0 aliphatic heterocycles. The minimum Gasteiger partial charge on any atom is -0.507 e. The van der Waals surface area contributed by atoms with Gasteiger partial charge in [0.05, 0.1) is 12.7 Å². The minimum absolute atomic E-state index is 0.213. The number of nitrogens with zero attached hydrogens (tertiary/aromatic N) is 2. The lowest BCUT2D eigenvalue weighted by molar-refractivity contribution is 0.415. The van der Waals surface area contributed by atoms with Crippen LogP contribution in [0.25, 0.3) is 21.1 Å². The van der Waals surface area contributed by atoms with Crippen LogP contribution < -0.4 is 4.74 Å². The van der Waals surface area contributed by atoms with Gasteiger partial charge in [-0.15, -0.1) is 10.2 Å². The maximum Gasteiger partial charge on any atom is 0.151 e. The maximum atomic E-state index is 9.83. The van der Waals surface area contributed by atoms with E-state index in [0.29, 0.717) is 10.6 Å². The number of methoxy groups -OCH3 is 1. The van der Waals surface area contributed by atoms with Gasteiger partial charge in [0.15, 0.2) is 5.01 Å². The summed E-state index contributed by atoms with van der Waals surface area (Å²) in [5.74, 6) is 1.02. The van der Waals surface area contributed by atoms with Gasteiger partial charge in [-0.3, -0.25) is 0 Å². The average Bonchev–Trinajstić information content (AvgIpc) is 2.97. The molecule has 1 heterocycles. The molecule has 0 unspecified atom stereocenters. The molecule has 4 nitrogen and oxygen atoms in total. The molecule has 0 radical (unpaired) electrons. The summed E-state index contributed by atoms with van der Waals surface area (Å²) in [5.41, 5.74) is 1.68. The van der Waals surface area contributed by atoms with Crippen LogP contribution in [0.1, 0.15) is 0 Å². The maximum absolute atomic E-state index is 9.83. The number of benzene rings is 2. The standard InChI is InChI=1S/C15H12N2O2S/c1-19-11-8-6-10(7-9-11)14-16-17-15(20-14)12-4-2-3-5-13(12)18/h2-9,18H,1H3. The van der Waals surface area contributed by atoms with Crippen LogP contribution in [0.15, 0.2) is 48.5 Å². The van der Waals surface area contributed by atoms with E-state index in [4.69, 9.17) is 4.74 Å². The molecule has 0 fully saturated rings. The third kappa shape index (κ3) is 2.35. The molecule has 5 heteroatoms. The van der Waals surface area contributed by atoms with E-state index in [2.05, 4.69) is 10.2 Å². The quantitative estimate of drug-likeness (QED) is 0.798. The van der Waals surface area contributed by atoms with Gasteiger partial charge in [-0.1, -0.05) is 23.5 Å². The van der Waals surface area contributed by atoms with E-state index in [-0.39, 0.29) is 5.75 Å². The van der Waals surface area contributed by atoms with Crippen molar-refractivity contribution in [3.8, 4) is 32.6 Å². The number of aromatic hydroxyl groups is 1. The second kappa shape index (κ2) is 5.30. The van der Waals surface area contributed by atoms with Gasteiger partial charge < -0.3 is 9.84 Å². The molecule has 1 N–H and O–H groups in total. The number of phenolic OH excluding ortho intramolecular Hbond substituents is 1. The van der Waals surface area contributed by atoms with E-state index in [0.717, 1.165) is 16.3 Å². The highest BCUT2D eigenvalue weighted by Gasteiger charge is 2.11. The van der Waals surface area contributed by atoms with E-state index >= 15 is 0 Å². The fourth-order valence-electron chi connectivity index (χ4n) is 1.84. The topological polar surface area (TPSA) is 55.2 Å². The summed E-state index contributed by atoms with van der Waals surface area (Å²) in [4.78, 5) is 0. The molecule has 0 saturated carbocycles. The van der Waals surface area contributed by atoms with Gasteiger partial charge in [-0.2, -0.15) is 0 Å². The third-order valence-electron chi connectivity index (χ3n) is 2.90. The first-order chi connectivity index (χ1) is 9.78. The Morgan fingerprint density at radius 1 is 0.950 bits per heavy atom. The SMILES string of the molecule is COc1ccc(-c2nnc(-c3ccccc3O)s2)cc1. The summed E-state index contributed by atoms with van der Waals surface area (Å²) in [5, 5.41) is 19.7. The molecule has 20 heavy (non-hydrogen) atoms. The monoisotopic (exact) mass is 284 g/mol. The highest BCUT2D eigenvalue weighted by atomic mass is 32.1. The van der Waals surface area contributed by atoms with E-state index in [1.54, 1.807) is 19.2 Å². The molecule has 3 aromatic rings. The molecule has 100 valence electrons. The predicted molar refractivity (Wildman–Crippen MR) is 79.0 cm³/mol. The summed E-state index contributed by atoms with van der Waals surface area (Å²) in [7, 11) is 1.64. The van der Waals surface area contributed by atoms with Crippen LogP contribution in [0.3, 0.4) is 0 Å². The van der Waals surface area contributed by atoms with Gasteiger partial charge in [0, 0.05) is 5.56 Å². The zero-order valence-corrected chi connectivity index (χ0v) is 11.6. The van der Waals surface area contributed by atoms with Crippen molar-refractivity contribution in [2.75, 3.05) is 7.11 Å². The molecule has 1 aromatic heterocycles. The lowest BCUT2D eigenvalue weighted by atomic mass is 10.2. The molecule has 0 spiro atoms. The number of hydrogen-bond acceptors (Lipinski definition) is 5. The number of phenols is 1. The first kappa shape index (κ1) is 12.6. The van der Waals surface area contributed by atoms with E-state index in [9.17, 15) is 5.11 Å². The van der Waals surface area contributed by atoms with Crippen molar-refractivity contribution in [2.24, 2.45) is 0 Å². The van der Waals surface area contributed by atoms with E-state index < -0.39 is 0 Å². The molecule has 0 bridgehead atoms. The van der Waals surface area contributed by atoms with Crippen molar-refractivity contribution >= 4 is 11.3 Å². The van der Waals surface area contributed by atoms with Crippen molar-refractivity contribution in [2.45, 2.75) is 0 Å². The second-order valence-electron chi connectivity index (χ2n) is 4.16. The van der Waals surface area contributed by atoms with Crippen LogP contribution in [-0.4, -0.2) is 22.4 Å². The Bertz CT molecular complexity index is 723. The molecule has 3 rings (SSSR count). The number of para-hydroxylation sites is 1. The Balaban J connectivity index is 1.95. The zero-order valence-electron chi connectivity index (χ0n) is 10.8. The summed E-state index contributed by atoms with van der Waals surface area (Å²) in [6, 6.07) is 14.8. The molecule has 0 aliphatic rings. The number of hydrogen-bond donors (Lipinski definition) is 1. The highest BCUT2D eigenvalue weighted by Crippen LogP contribution is 2.34. The fraction of sp³-hybridized carbons (Fsp3) is 0.0667. The number of ether oxygens (including phenoxy) is 1. The first-order valence-electron chi connectivity index (χ1n) is 6.04. The lowest BCUT2D eigenvalue weighted by Gasteiger charge is -2.00. The van der Waals surface area contributed by atoms with Crippen LogP contribution in [0.2, 0.25) is 0 Å². The molecule has 0 amide bonds. The summed E-state index contributed by atoms with van der Waals surface area (Å²) in [6.45, 7) is 0. The minimum atomic E-state index is 0.213. The van der Waals surface area contributed by atoms with Gasteiger partial charge in [0.2, 0.25) is 0 Å². The van der Waals surface area contributed by atoms with Gasteiger partial charge >= 0.3 is 0 Å². The third-order valence-corrected chi connectivity index (χ3v) is 3.90. The summed E-state index contributed by atoms with van der Waals surface area (Å²) < 4.78 is 5.13. The van der Waals surface area contributed by atoms with Crippen LogP contribution in [0, 0.1) is 0 Å². The van der Waals surface area contributed by atoms with Crippen molar-refractivity contribution < 1.29 is 9.84 Å². The fourth-order valence-corrected chi connectivity index (χ4v) is 2.72. The molecule has 2 aromatic carbocycles. The van der Waals surface area contributed by atoms with Crippen LogP contribution in [0.4, 0.5) is 0 Å². The van der Waals surface area contributed by atoms with Crippen molar-refractivity contribution in [1.29, 1.82) is 0 Å². The van der Waals surface area contributed by atoms with Crippen molar-refractivity contribution in [3.63, 3.8) is 0 Å². The predicted octanol–water partition coefficient (Wildman–Crippen LogP) is 3.59. The molecule has 0 aliphatic carbocycles. The smallest absolute Gasteiger partial charge is 0.151 e. The average molecular weight is 284 g/mol. The number of aromatic nitrogens is 2. The Morgan fingerprint density at radius 3 is 2.35 bits per heavy atom. The van der Waals surface area contributed by atoms with Crippen molar-refractivity contribution in [3.05, 3.63) is 48.5 Å². The summed E-state index contributed by atoms with van der Waals surface area (Å²) in [6.07, 6.45) is 0. The normalized spacial score (nSPS) is 10.4. The van der Waals surface area contributed by atoms with E-state index in [1.165, 1.54) is 11.3 Å². The lowest BCUT2D eigenvalue weighted by Crippen LogP contribution is -1.82. The zero-order chi connectivity index (χ0) is 13.9. The van der Waals surface area contributed by atoms with Crippen LogP contribution in [-0.2, 0) is 0 Å². The van der Waals surface area contributed by atoms with Crippen LogP contribution >= 0.6 is 11.3 Å². The van der Waals surface area contributed by atoms with Gasteiger partial charge in [0.25, 0.3) is 0 Å². The van der Waals surface area contributed by atoms with Gasteiger partial charge in [-0.25, -0.2) is 0 Å². The van der Waals surface area contributed by atoms with Gasteiger partial charge in [-0.05, 0) is 36.4 Å². The Labute approximate surface area is 120 Å². The second-order valence-corrected chi connectivity index (χ2v) is 5.14.